The predicted octanol–water partition coefficient (Wildman–Crippen LogP) is 12.6. The van der Waals surface area contributed by atoms with E-state index in [1.165, 1.54) is 12.2 Å². The van der Waals surface area contributed by atoms with Gasteiger partial charge in [0.05, 0.1) is 0 Å². The fourth-order valence-electron chi connectivity index (χ4n) is 8.69. The van der Waals surface area contributed by atoms with Gasteiger partial charge in [-0.05, 0) is 166 Å². The zero-order valence-corrected chi connectivity index (χ0v) is 45.1. The number of nitrogens with zero attached hydrogens (tertiary/aromatic N) is 4. The molecule has 5 aromatic carbocycles. The molecule has 350 valence electrons. The number of hydrogen-bond acceptors (Lipinski definition) is 8. The van der Waals surface area contributed by atoms with E-state index in [0.29, 0.717) is 11.1 Å². The van der Waals surface area contributed by atoms with Crippen LogP contribution in [0.15, 0.2) is 97.6 Å². The summed E-state index contributed by atoms with van der Waals surface area (Å²) >= 11 is 0. The van der Waals surface area contributed by atoms with Crippen LogP contribution in [0, 0.1) is 109 Å². The number of allylic oxidation sites excluding steroid dienone is 2. The van der Waals surface area contributed by atoms with Crippen LogP contribution in [0.25, 0.3) is 11.5 Å². The number of anilines is 2. The van der Waals surface area contributed by atoms with Gasteiger partial charge in [0.2, 0.25) is 0 Å². The molecule has 0 radical (unpaired) electrons. The van der Waals surface area contributed by atoms with Crippen molar-refractivity contribution in [1.29, 1.82) is 0 Å². The summed E-state index contributed by atoms with van der Waals surface area (Å²) in [7, 11) is 3.99. The number of rotatable bonds is 8. The average molecular weight is 1250 g/mol. The fraction of sp³-hybridized carbons (Fsp3) is 0.250. The quantitative estimate of drug-likeness (QED) is 0.0688. The minimum Gasteiger partial charge on any atom is -0.553 e. The summed E-state index contributed by atoms with van der Waals surface area (Å²) in [6.45, 7) is 27.6. The van der Waals surface area contributed by atoms with Crippen molar-refractivity contribution in [3.05, 3.63) is 212 Å². The fourth-order valence-corrected chi connectivity index (χ4v) is 8.69. The Morgan fingerprint density at radius 3 is 0.894 bits per heavy atom. The predicted molar refractivity (Wildman–Crippen MR) is 264 cm³/mol. The summed E-state index contributed by atoms with van der Waals surface area (Å²) in [5.41, 5.74) is 17.0. The minimum atomic E-state index is -0.156. The monoisotopic (exact) mass is 1240 g/mol. The summed E-state index contributed by atoms with van der Waals surface area (Å²) in [6.07, 6.45) is 10.7. The van der Waals surface area contributed by atoms with Gasteiger partial charge in [-0.1, -0.05) is 70.8 Å². The molecular weight excluding hydrogens is 1180 g/mol. The van der Waals surface area contributed by atoms with E-state index in [9.17, 15) is 19.8 Å². The number of hydrogen-bond donors (Lipinski definition) is 2. The summed E-state index contributed by atoms with van der Waals surface area (Å²) < 4.78 is 0. The van der Waals surface area contributed by atoms with E-state index < -0.39 is 0 Å². The molecule has 0 fully saturated rings. The molecule has 0 unspecified atom stereocenters. The van der Waals surface area contributed by atoms with Gasteiger partial charge in [-0.25, -0.2) is 11.4 Å². The third-order valence-electron chi connectivity index (χ3n) is 11.1. The van der Waals surface area contributed by atoms with Crippen LogP contribution < -0.4 is 9.80 Å². The number of carbonyl (C=O) groups excluding carboxylic acids is 2. The Morgan fingerprint density at radius 1 is 0.439 bits per heavy atom. The Hall–Kier alpha value is -5.42. The van der Waals surface area contributed by atoms with Crippen LogP contribution >= 0.6 is 0 Å². The summed E-state index contributed by atoms with van der Waals surface area (Å²) in [6, 6.07) is 26.4. The molecule has 5 aromatic rings. The molecule has 8 nitrogen and oxygen atoms in total. The van der Waals surface area contributed by atoms with Crippen molar-refractivity contribution in [3.8, 4) is 0 Å². The van der Waals surface area contributed by atoms with Gasteiger partial charge < -0.3 is 29.8 Å². The van der Waals surface area contributed by atoms with E-state index in [0.717, 1.165) is 89.3 Å². The molecule has 66 heavy (non-hydrogen) atoms. The largest absolute Gasteiger partial charge is 2.00 e. The molecule has 10 heteroatoms. The van der Waals surface area contributed by atoms with Gasteiger partial charge in [0.25, 0.3) is 0 Å². The van der Waals surface area contributed by atoms with Gasteiger partial charge in [0, 0.05) is 34.4 Å². The van der Waals surface area contributed by atoms with Crippen molar-refractivity contribution in [1.82, 2.24) is 9.80 Å². The van der Waals surface area contributed by atoms with Crippen molar-refractivity contribution in [2.24, 2.45) is 0 Å². The maximum absolute atomic E-state index is 12.6. The smallest absolute Gasteiger partial charge is 0.553 e. The van der Waals surface area contributed by atoms with Gasteiger partial charge >= 0.3 is 42.1 Å². The van der Waals surface area contributed by atoms with Crippen molar-refractivity contribution >= 4 is 34.5 Å². The van der Waals surface area contributed by atoms with Crippen molar-refractivity contribution in [2.75, 3.05) is 23.9 Å². The SMILES string of the molecule is CN1C=CN(c2[c-]cc(N3C=CN(C)[CH-]3)[c-]c2)[CH-]1.Cc1cc(C)c(C(=O)C=C(O)c2c(C)cc(C)cc2C)c(C)c1.Cc1cc(C)c(C(=O)C=C(O)c2c(C)cc(C)cc2C)c(C)c1.[Pt+2].[Pt+2]. The summed E-state index contributed by atoms with van der Waals surface area (Å²) in [5, 5.41) is 21.0. The van der Waals surface area contributed by atoms with Crippen molar-refractivity contribution in [3.63, 3.8) is 0 Å². The zero-order valence-electron chi connectivity index (χ0n) is 40.5. The number of aliphatic hydroxyl groups excluding tert-OH is 2. The molecule has 0 amide bonds. The first-order chi connectivity index (χ1) is 30.1. The second kappa shape index (κ2) is 23.9. The number of aliphatic hydroxyl groups is 2. The Balaban J connectivity index is 0.000000261. The first-order valence-electron chi connectivity index (χ1n) is 21.4. The van der Waals surface area contributed by atoms with Gasteiger partial charge in [-0.2, -0.15) is 13.3 Å². The second-order valence-electron chi connectivity index (χ2n) is 17.2. The molecule has 0 bridgehead atoms. The molecular formula is C56H62N4O4Pt2. The zero-order chi connectivity index (χ0) is 47.2. The van der Waals surface area contributed by atoms with Crippen LogP contribution in [-0.2, 0) is 42.1 Å². The van der Waals surface area contributed by atoms with Crippen LogP contribution in [0.3, 0.4) is 0 Å². The molecule has 2 N–H and O–H groups in total. The van der Waals surface area contributed by atoms with Crippen LogP contribution in [0.2, 0.25) is 0 Å². The Morgan fingerprint density at radius 2 is 0.682 bits per heavy atom. The van der Waals surface area contributed by atoms with Gasteiger partial charge in [0.1, 0.15) is 11.5 Å². The third kappa shape index (κ3) is 13.8. The maximum Gasteiger partial charge on any atom is 2.00 e. The maximum atomic E-state index is 12.6. The van der Waals surface area contributed by atoms with E-state index in [4.69, 9.17) is 0 Å². The van der Waals surface area contributed by atoms with Gasteiger partial charge in [-0.15, -0.1) is 0 Å². The van der Waals surface area contributed by atoms with Crippen molar-refractivity contribution < 1.29 is 61.9 Å². The number of aryl methyl sites for hydroxylation is 12. The number of carbonyl (C=O) groups is 2. The third-order valence-corrected chi connectivity index (χ3v) is 11.1. The molecule has 0 aliphatic carbocycles. The van der Waals surface area contributed by atoms with Crippen LogP contribution in [0.4, 0.5) is 11.4 Å². The molecule has 0 atom stereocenters. The van der Waals surface area contributed by atoms with Crippen LogP contribution in [-0.4, -0.2) is 45.7 Å². The molecule has 0 spiro atoms. The molecule has 2 heterocycles. The van der Waals surface area contributed by atoms with E-state index in [1.807, 2.05) is 216 Å². The standard InChI is InChI=1S/2C21H24O2.C14H14N4.2Pt/c2*1-12-7-14(3)20(15(4)8-12)18(22)11-19(23)21-16(5)9-13(2)10-17(21)6;1-15-7-9-17(11-15)13-3-5-14(6-4-13)18-10-8-16(2)12-18;;/h2*7-11,22H,1-6H3;3,6-12H,1-2H3;;/q;;-4;2*+2. The van der Waals surface area contributed by atoms with E-state index in [2.05, 4.69) is 12.1 Å². The molecule has 0 aromatic heterocycles. The van der Waals surface area contributed by atoms with Crippen LogP contribution in [0.1, 0.15) is 98.6 Å². The molecule has 2 aliphatic heterocycles. The molecule has 2 aliphatic rings. The second-order valence-corrected chi connectivity index (χ2v) is 17.2. The summed E-state index contributed by atoms with van der Waals surface area (Å²) in [5.74, 6) is -0.248. The Kier molecular flexibility index (Phi) is 19.8. The Labute approximate surface area is 422 Å². The first-order valence-corrected chi connectivity index (χ1v) is 21.4. The van der Waals surface area contributed by atoms with Crippen molar-refractivity contribution in [2.45, 2.75) is 83.1 Å². The summed E-state index contributed by atoms with van der Waals surface area (Å²) in [4.78, 5) is 33.3. The minimum absolute atomic E-state index is 0. The van der Waals surface area contributed by atoms with Gasteiger partial charge in [0.15, 0.2) is 11.6 Å². The normalized spacial score (nSPS) is 13.1. The van der Waals surface area contributed by atoms with E-state index in [-0.39, 0.29) is 65.2 Å². The number of ketones is 2. The van der Waals surface area contributed by atoms with Gasteiger partial charge in [-0.3, -0.25) is 33.9 Å². The van der Waals surface area contributed by atoms with E-state index in [1.54, 1.807) is 0 Å². The topological polar surface area (TPSA) is 87.6 Å². The molecule has 7 rings (SSSR count). The van der Waals surface area contributed by atoms with E-state index >= 15 is 0 Å². The molecule has 0 saturated heterocycles. The first kappa shape index (κ1) is 54.9. The van der Waals surface area contributed by atoms with Crippen LogP contribution in [0.5, 0.6) is 0 Å². The average Bonchev–Trinajstić information content (AvgIpc) is 3.81. The molecule has 0 saturated carbocycles. The Bertz CT molecular complexity index is 2420. The number of benzene rings is 5.